The van der Waals surface area contributed by atoms with Crippen molar-refractivity contribution in [2.45, 2.75) is 6.92 Å². The highest BCUT2D eigenvalue weighted by molar-refractivity contribution is 5.95. The lowest BCUT2D eigenvalue weighted by molar-refractivity contribution is -0.114. The van der Waals surface area contributed by atoms with Crippen LogP contribution in [-0.4, -0.2) is 5.91 Å². The Hall–Kier alpha value is -1.19. The molecular weight excluding hydrogens is 106 g/mol. The Bertz CT molecular complexity index is 187. The number of hydrogen-bond donors (Lipinski definition) is 1. The van der Waals surface area contributed by atoms with Crippen molar-refractivity contribution in [2.75, 3.05) is 0 Å². The van der Waals surface area contributed by atoms with Gasteiger partial charge in [0.1, 0.15) is 0 Å². The molecule has 0 fully saturated rings. The third kappa shape index (κ3) is 0.501. The summed E-state index contributed by atoms with van der Waals surface area (Å²) in [5.74, 6) is -0.0995. The second-order valence-corrected chi connectivity index (χ2v) is 1.52. The van der Waals surface area contributed by atoms with Gasteiger partial charge in [0, 0.05) is 0 Å². The zero-order chi connectivity index (χ0) is 6.15. The van der Waals surface area contributed by atoms with Crippen LogP contribution < -0.4 is 5.73 Å². The molecule has 0 spiro atoms. The first kappa shape index (κ1) is 4.96. The second kappa shape index (κ2) is 1.40. The van der Waals surface area contributed by atoms with Gasteiger partial charge in [-0.15, -0.1) is 10.2 Å². The molecule has 0 unspecified atom stereocenters. The van der Waals surface area contributed by atoms with Crippen LogP contribution in [0.15, 0.2) is 21.6 Å². The molecule has 1 amide bonds. The van der Waals surface area contributed by atoms with Crippen LogP contribution in [-0.2, 0) is 4.79 Å². The summed E-state index contributed by atoms with van der Waals surface area (Å²) in [4.78, 5) is 10.4. The molecule has 0 saturated carbocycles. The quantitative estimate of drug-likeness (QED) is 0.484. The molecule has 0 aromatic rings. The fourth-order valence-corrected chi connectivity index (χ4v) is 0.359. The summed E-state index contributed by atoms with van der Waals surface area (Å²) < 4.78 is 0. The number of nitrogens with zero attached hydrogens (tertiary/aromatic N) is 2. The summed E-state index contributed by atoms with van der Waals surface area (Å²) in [6.45, 7) is 1.59. The van der Waals surface area contributed by atoms with E-state index in [9.17, 15) is 4.79 Å². The maximum atomic E-state index is 10.4. The van der Waals surface area contributed by atoms with Gasteiger partial charge in [-0.05, 0) is 6.92 Å². The Labute approximate surface area is 46.1 Å². The topological polar surface area (TPSA) is 67.8 Å². The molecule has 2 N–H and O–H groups in total. The van der Waals surface area contributed by atoms with E-state index in [-0.39, 0.29) is 11.7 Å². The van der Waals surface area contributed by atoms with Crippen molar-refractivity contribution in [3.8, 4) is 0 Å². The van der Waals surface area contributed by atoms with E-state index in [4.69, 9.17) is 5.73 Å². The van der Waals surface area contributed by atoms with Crippen molar-refractivity contribution < 1.29 is 4.79 Å². The van der Waals surface area contributed by atoms with Crippen LogP contribution in [0.4, 0.5) is 0 Å². The van der Waals surface area contributed by atoms with Crippen LogP contribution in [0.5, 0.6) is 0 Å². The standard InChI is InChI=1S/C4H5N3O/c1-2-3(5)6-7-4(2)8/h5H2,1H3. The van der Waals surface area contributed by atoms with Crippen molar-refractivity contribution in [1.29, 1.82) is 0 Å². The van der Waals surface area contributed by atoms with Gasteiger partial charge in [-0.3, -0.25) is 4.79 Å². The van der Waals surface area contributed by atoms with Crippen molar-refractivity contribution in [1.82, 2.24) is 0 Å². The number of carbonyl (C=O) groups excluding carboxylic acids is 1. The summed E-state index contributed by atoms with van der Waals surface area (Å²) in [6, 6.07) is 0. The molecule has 0 aliphatic carbocycles. The molecule has 1 rings (SSSR count). The summed E-state index contributed by atoms with van der Waals surface area (Å²) >= 11 is 0. The molecule has 0 radical (unpaired) electrons. The fourth-order valence-electron chi connectivity index (χ4n) is 0.359. The lowest BCUT2D eigenvalue weighted by Crippen LogP contribution is -1.96. The Kier molecular flexibility index (Phi) is 0.865. The monoisotopic (exact) mass is 111 g/mol. The molecule has 1 aliphatic heterocycles. The molecule has 1 aliphatic rings. The number of amides is 1. The Morgan fingerprint density at radius 2 is 2.12 bits per heavy atom. The van der Waals surface area contributed by atoms with Crippen LogP contribution in [0, 0.1) is 0 Å². The van der Waals surface area contributed by atoms with E-state index < -0.39 is 0 Å². The van der Waals surface area contributed by atoms with Crippen LogP contribution in [0.25, 0.3) is 0 Å². The van der Waals surface area contributed by atoms with Crippen LogP contribution >= 0.6 is 0 Å². The molecule has 42 valence electrons. The number of nitrogens with two attached hydrogens (primary N) is 1. The first-order valence-electron chi connectivity index (χ1n) is 2.14. The van der Waals surface area contributed by atoms with Gasteiger partial charge >= 0.3 is 0 Å². The third-order valence-electron chi connectivity index (χ3n) is 0.954. The van der Waals surface area contributed by atoms with Crippen molar-refractivity contribution in [2.24, 2.45) is 16.0 Å². The zero-order valence-electron chi connectivity index (χ0n) is 4.38. The second-order valence-electron chi connectivity index (χ2n) is 1.52. The van der Waals surface area contributed by atoms with E-state index in [1.54, 1.807) is 6.92 Å². The molecule has 4 heteroatoms. The predicted octanol–water partition coefficient (Wildman–Crippen LogP) is 0.169. The average Bonchev–Trinajstić information content (AvgIpc) is 1.98. The van der Waals surface area contributed by atoms with Crippen LogP contribution in [0.2, 0.25) is 0 Å². The number of rotatable bonds is 0. The number of azo groups is 1. The Morgan fingerprint density at radius 1 is 1.50 bits per heavy atom. The van der Waals surface area contributed by atoms with Crippen LogP contribution in [0.1, 0.15) is 6.92 Å². The SMILES string of the molecule is CC1=C(N)N=NC1=O. The van der Waals surface area contributed by atoms with E-state index in [2.05, 4.69) is 10.2 Å². The van der Waals surface area contributed by atoms with E-state index in [0.717, 1.165) is 0 Å². The van der Waals surface area contributed by atoms with Gasteiger partial charge in [-0.2, -0.15) is 0 Å². The molecule has 0 aromatic heterocycles. The summed E-state index contributed by atoms with van der Waals surface area (Å²) in [7, 11) is 0. The summed E-state index contributed by atoms with van der Waals surface area (Å²) in [6.07, 6.45) is 0. The highest BCUT2D eigenvalue weighted by atomic mass is 16.2. The number of hydrogen-bond acceptors (Lipinski definition) is 3. The smallest absolute Gasteiger partial charge is 0.294 e. The van der Waals surface area contributed by atoms with Gasteiger partial charge in [0.05, 0.1) is 5.57 Å². The van der Waals surface area contributed by atoms with Gasteiger partial charge in [0.25, 0.3) is 5.91 Å². The molecule has 1 heterocycles. The minimum atomic E-state index is -0.331. The normalized spacial score (nSPS) is 18.4. The largest absolute Gasteiger partial charge is 0.382 e. The van der Waals surface area contributed by atoms with Crippen LogP contribution in [0.3, 0.4) is 0 Å². The highest BCUT2D eigenvalue weighted by Gasteiger charge is 2.12. The highest BCUT2D eigenvalue weighted by Crippen LogP contribution is 2.09. The van der Waals surface area contributed by atoms with Crippen molar-refractivity contribution >= 4 is 5.91 Å². The molecule has 8 heavy (non-hydrogen) atoms. The number of carbonyl (C=O) groups is 1. The maximum absolute atomic E-state index is 10.4. The van der Waals surface area contributed by atoms with Crippen molar-refractivity contribution in [3.05, 3.63) is 11.4 Å². The zero-order valence-corrected chi connectivity index (χ0v) is 4.38. The average molecular weight is 111 g/mol. The molecular formula is C4H5N3O. The maximum Gasteiger partial charge on any atom is 0.294 e. The lowest BCUT2D eigenvalue weighted by Gasteiger charge is -1.82. The molecule has 0 bridgehead atoms. The van der Waals surface area contributed by atoms with Gasteiger partial charge in [0.15, 0.2) is 5.82 Å². The first-order valence-corrected chi connectivity index (χ1v) is 2.14. The van der Waals surface area contributed by atoms with Gasteiger partial charge in [0.2, 0.25) is 0 Å². The van der Waals surface area contributed by atoms with Gasteiger partial charge in [-0.1, -0.05) is 0 Å². The Balaban J connectivity index is 3.02. The third-order valence-corrected chi connectivity index (χ3v) is 0.954. The minimum Gasteiger partial charge on any atom is -0.382 e. The minimum absolute atomic E-state index is 0.231. The Morgan fingerprint density at radius 3 is 2.25 bits per heavy atom. The fraction of sp³-hybridized carbons (Fsp3) is 0.250. The molecule has 4 nitrogen and oxygen atoms in total. The van der Waals surface area contributed by atoms with Crippen molar-refractivity contribution in [3.63, 3.8) is 0 Å². The summed E-state index contributed by atoms with van der Waals surface area (Å²) in [5.41, 5.74) is 5.60. The van der Waals surface area contributed by atoms with E-state index in [1.165, 1.54) is 0 Å². The van der Waals surface area contributed by atoms with E-state index >= 15 is 0 Å². The predicted molar refractivity (Wildman–Crippen MR) is 26.8 cm³/mol. The van der Waals surface area contributed by atoms with Gasteiger partial charge < -0.3 is 5.73 Å². The van der Waals surface area contributed by atoms with Gasteiger partial charge in [-0.25, -0.2) is 0 Å². The van der Waals surface area contributed by atoms with E-state index in [1.807, 2.05) is 0 Å². The first-order chi connectivity index (χ1) is 3.72. The lowest BCUT2D eigenvalue weighted by atomic mass is 10.3. The van der Waals surface area contributed by atoms with E-state index in [0.29, 0.717) is 5.57 Å². The summed E-state index contributed by atoms with van der Waals surface area (Å²) in [5, 5.41) is 6.52. The molecule has 0 saturated heterocycles. The molecule has 0 atom stereocenters. The molecule has 0 aromatic carbocycles.